The van der Waals surface area contributed by atoms with E-state index in [4.69, 9.17) is 9.47 Å². The number of fused-ring (bicyclic) bond motifs is 1. The van der Waals surface area contributed by atoms with Gasteiger partial charge in [-0.25, -0.2) is 4.68 Å². The number of carbonyl (C=O) groups is 2. The maximum absolute atomic E-state index is 12.6. The van der Waals surface area contributed by atoms with Crippen LogP contribution in [0.2, 0.25) is 0 Å². The maximum Gasteiger partial charge on any atom is 0.265 e. The molecule has 0 aliphatic carbocycles. The standard InChI is InChI=1S/C20H18N4O4/c1-13(25)16-8-9-17(27-2)19-20(16)28-12-18(26)23(19)10-14-11-24(22-21-14)15-6-4-3-5-7-15/h3-9,11H,10,12H2,1-2H3. The van der Waals surface area contributed by atoms with E-state index in [-0.39, 0.29) is 24.8 Å². The Morgan fingerprint density at radius 1 is 1.21 bits per heavy atom. The number of rotatable bonds is 5. The van der Waals surface area contributed by atoms with E-state index in [1.807, 2.05) is 30.3 Å². The summed E-state index contributed by atoms with van der Waals surface area (Å²) in [6.45, 7) is 1.48. The van der Waals surface area contributed by atoms with Crippen molar-refractivity contribution in [2.75, 3.05) is 18.6 Å². The fraction of sp³-hybridized carbons (Fsp3) is 0.200. The van der Waals surface area contributed by atoms with E-state index in [1.165, 1.54) is 18.9 Å². The highest BCUT2D eigenvalue weighted by Crippen LogP contribution is 2.43. The molecule has 1 aliphatic heterocycles. The van der Waals surface area contributed by atoms with Crippen LogP contribution in [0.4, 0.5) is 5.69 Å². The Morgan fingerprint density at radius 2 is 2.00 bits per heavy atom. The Kier molecular flexibility index (Phi) is 4.52. The van der Waals surface area contributed by atoms with Gasteiger partial charge in [-0.1, -0.05) is 23.4 Å². The zero-order chi connectivity index (χ0) is 19.7. The number of nitrogens with zero attached hydrogens (tertiary/aromatic N) is 4. The Labute approximate surface area is 161 Å². The second kappa shape index (κ2) is 7.15. The van der Waals surface area contributed by atoms with Gasteiger partial charge in [0.1, 0.15) is 17.1 Å². The van der Waals surface area contributed by atoms with E-state index < -0.39 is 0 Å². The van der Waals surface area contributed by atoms with E-state index in [2.05, 4.69) is 10.3 Å². The number of ketones is 1. The van der Waals surface area contributed by atoms with Crippen molar-refractivity contribution < 1.29 is 19.1 Å². The summed E-state index contributed by atoms with van der Waals surface area (Å²) in [5, 5.41) is 8.31. The van der Waals surface area contributed by atoms with E-state index in [1.54, 1.807) is 23.0 Å². The minimum atomic E-state index is -0.249. The summed E-state index contributed by atoms with van der Waals surface area (Å²) in [4.78, 5) is 26.1. The molecular weight excluding hydrogens is 360 g/mol. The van der Waals surface area contributed by atoms with Crippen molar-refractivity contribution in [2.24, 2.45) is 0 Å². The van der Waals surface area contributed by atoms with Gasteiger partial charge in [0.2, 0.25) is 0 Å². The molecule has 1 aromatic heterocycles. The number of benzene rings is 2. The van der Waals surface area contributed by atoms with Crippen molar-refractivity contribution in [3.8, 4) is 17.2 Å². The third kappa shape index (κ3) is 3.09. The number of carbonyl (C=O) groups excluding carboxylic acids is 2. The summed E-state index contributed by atoms with van der Waals surface area (Å²) >= 11 is 0. The molecular formula is C20H18N4O4. The van der Waals surface area contributed by atoms with Crippen LogP contribution >= 0.6 is 0 Å². The number of aromatic nitrogens is 3. The molecule has 4 rings (SSSR count). The van der Waals surface area contributed by atoms with Crippen molar-refractivity contribution in [2.45, 2.75) is 13.5 Å². The fourth-order valence-corrected chi connectivity index (χ4v) is 3.14. The van der Waals surface area contributed by atoms with Gasteiger partial charge in [0.25, 0.3) is 5.91 Å². The number of ether oxygens (including phenoxy) is 2. The number of Topliss-reactive ketones (excluding diaryl/α,β-unsaturated/α-hetero) is 1. The van der Waals surface area contributed by atoms with Crippen LogP contribution in [0, 0.1) is 0 Å². The summed E-state index contributed by atoms with van der Waals surface area (Å²) < 4.78 is 12.6. The largest absolute Gasteiger partial charge is 0.494 e. The molecule has 1 aliphatic rings. The van der Waals surface area contributed by atoms with Crippen LogP contribution in [0.3, 0.4) is 0 Å². The molecule has 0 fully saturated rings. The molecule has 28 heavy (non-hydrogen) atoms. The summed E-state index contributed by atoms with van der Waals surface area (Å²) in [5.41, 5.74) is 2.30. The average molecular weight is 378 g/mol. The van der Waals surface area contributed by atoms with Crippen molar-refractivity contribution in [3.05, 3.63) is 59.9 Å². The van der Waals surface area contributed by atoms with Gasteiger partial charge in [-0.05, 0) is 31.2 Å². The summed E-state index contributed by atoms with van der Waals surface area (Å²) in [5.74, 6) is 0.398. The van der Waals surface area contributed by atoms with Crippen LogP contribution < -0.4 is 14.4 Å². The average Bonchev–Trinajstić information content (AvgIpc) is 3.18. The highest BCUT2D eigenvalue weighted by Gasteiger charge is 2.32. The number of hydrogen-bond donors (Lipinski definition) is 0. The first-order valence-corrected chi connectivity index (χ1v) is 8.70. The summed E-state index contributed by atoms with van der Waals surface area (Å²) in [7, 11) is 1.51. The molecule has 0 atom stereocenters. The molecule has 0 spiro atoms. The zero-order valence-electron chi connectivity index (χ0n) is 15.5. The minimum Gasteiger partial charge on any atom is -0.494 e. The molecule has 0 N–H and O–H groups in total. The summed E-state index contributed by atoms with van der Waals surface area (Å²) in [6.07, 6.45) is 1.76. The summed E-state index contributed by atoms with van der Waals surface area (Å²) in [6, 6.07) is 12.9. The number of hydrogen-bond acceptors (Lipinski definition) is 6. The van der Waals surface area contributed by atoms with E-state index in [0.29, 0.717) is 28.4 Å². The lowest BCUT2D eigenvalue weighted by atomic mass is 10.1. The quantitative estimate of drug-likeness (QED) is 0.634. The van der Waals surface area contributed by atoms with Gasteiger partial charge in [0, 0.05) is 0 Å². The van der Waals surface area contributed by atoms with Crippen LogP contribution in [-0.2, 0) is 11.3 Å². The van der Waals surface area contributed by atoms with E-state index in [0.717, 1.165) is 5.69 Å². The lowest BCUT2D eigenvalue weighted by Crippen LogP contribution is -2.39. The Balaban J connectivity index is 1.72. The molecule has 0 saturated heterocycles. The monoisotopic (exact) mass is 378 g/mol. The normalized spacial score (nSPS) is 13.1. The van der Waals surface area contributed by atoms with Gasteiger partial charge >= 0.3 is 0 Å². The number of anilines is 1. The lowest BCUT2D eigenvalue weighted by molar-refractivity contribution is -0.121. The molecule has 0 saturated carbocycles. The Hall–Kier alpha value is -3.68. The third-order valence-corrected chi connectivity index (χ3v) is 4.49. The molecule has 2 aromatic carbocycles. The van der Waals surface area contributed by atoms with Gasteiger partial charge in [0.05, 0.1) is 31.1 Å². The van der Waals surface area contributed by atoms with Crippen molar-refractivity contribution >= 4 is 17.4 Å². The van der Waals surface area contributed by atoms with Crippen LogP contribution in [0.25, 0.3) is 5.69 Å². The molecule has 0 unspecified atom stereocenters. The second-order valence-corrected chi connectivity index (χ2v) is 6.31. The lowest BCUT2D eigenvalue weighted by Gasteiger charge is -2.31. The molecule has 8 nitrogen and oxygen atoms in total. The Bertz CT molecular complexity index is 1050. The van der Waals surface area contributed by atoms with Crippen LogP contribution in [0.15, 0.2) is 48.7 Å². The highest BCUT2D eigenvalue weighted by molar-refractivity contribution is 6.05. The van der Waals surface area contributed by atoms with Gasteiger partial charge < -0.3 is 9.47 Å². The molecule has 2 heterocycles. The van der Waals surface area contributed by atoms with Crippen LogP contribution in [0.5, 0.6) is 11.5 Å². The predicted molar refractivity (Wildman–Crippen MR) is 101 cm³/mol. The third-order valence-electron chi connectivity index (χ3n) is 4.49. The predicted octanol–water partition coefficient (Wildman–Crippen LogP) is 2.40. The SMILES string of the molecule is COc1ccc(C(C)=O)c2c1N(Cc1cn(-c3ccccc3)nn1)C(=O)CO2. The van der Waals surface area contributed by atoms with Crippen molar-refractivity contribution in [3.63, 3.8) is 0 Å². The van der Waals surface area contributed by atoms with Gasteiger partial charge in [-0.2, -0.15) is 0 Å². The maximum atomic E-state index is 12.6. The molecule has 3 aromatic rings. The van der Waals surface area contributed by atoms with Gasteiger partial charge in [-0.3, -0.25) is 14.5 Å². The zero-order valence-corrected chi connectivity index (χ0v) is 15.5. The highest BCUT2D eigenvalue weighted by atomic mass is 16.5. The molecule has 0 bridgehead atoms. The fourth-order valence-electron chi connectivity index (χ4n) is 3.14. The van der Waals surface area contributed by atoms with Crippen LogP contribution in [0.1, 0.15) is 23.0 Å². The topological polar surface area (TPSA) is 86.5 Å². The van der Waals surface area contributed by atoms with E-state index in [9.17, 15) is 9.59 Å². The first kappa shape index (κ1) is 17.7. The first-order chi connectivity index (χ1) is 13.6. The minimum absolute atomic E-state index is 0.150. The molecule has 8 heteroatoms. The Morgan fingerprint density at radius 3 is 2.71 bits per heavy atom. The van der Waals surface area contributed by atoms with Crippen molar-refractivity contribution in [1.29, 1.82) is 0 Å². The first-order valence-electron chi connectivity index (χ1n) is 8.70. The van der Waals surface area contributed by atoms with Crippen molar-refractivity contribution in [1.82, 2.24) is 15.0 Å². The molecule has 142 valence electrons. The molecule has 0 radical (unpaired) electrons. The van der Waals surface area contributed by atoms with Crippen LogP contribution in [-0.4, -0.2) is 40.4 Å². The van der Waals surface area contributed by atoms with Gasteiger partial charge in [0.15, 0.2) is 18.1 Å². The van der Waals surface area contributed by atoms with Gasteiger partial charge in [-0.15, -0.1) is 5.10 Å². The van der Waals surface area contributed by atoms with E-state index >= 15 is 0 Å². The smallest absolute Gasteiger partial charge is 0.265 e. The number of para-hydroxylation sites is 1. The molecule has 1 amide bonds. The number of amides is 1. The second-order valence-electron chi connectivity index (χ2n) is 6.31. The number of methoxy groups -OCH3 is 1.